The van der Waals surface area contributed by atoms with Crippen molar-refractivity contribution in [1.82, 2.24) is 14.5 Å². The van der Waals surface area contributed by atoms with Crippen LogP contribution in [-0.2, 0) is 18.1 Å². The van der Waals surface area contributed by atoms with Crippen LogP contribution in [-0.4, -0.2) is 47.2 Å². The first kappa shape index (κ1) is 25.2. The van der Waals surface area contributed by atoms with Crippen LogP contribution < -0.4 is 4.90 Å². The van der Waals surface area contributed by atoms with Crippen molar-refractivity contribution in [2.75, 3.05) is 37.6 Å². The maximum atomic E-state index is 12.9. The van der Waals surface area contributed by atoms with Crippen molar-refractivity contribution < 1.29 is 13.2 Å². The summed E-state index contributed by atoms with van der Waals surface area (Å²) >= 11 is 0. The number of piperidine rings is 1. The summed E-state index contributed by atoms with van der Waals surface area (Å²) in [5, 5.41) is 0. The second kappa shape index (κ2) is 9.69. The summed E-state index contributed by atoms with van der Waals surface area (Å²) in [5.74, 6) is 3.07. The van der Waals surface area contributed by atoms with Gasteiger partial charge in [0.05, 0.1) is 5.56 Å². The van der Waals surface area contributed by atoms with Crippen molar-refractivity contribution in [1.29, 1.82) is 0 Å². The van der Waals surface area contributed by atoms with Gasteiger partial charge in [0.2, 0.25) is 0 Å². The zero-order chi connectivity index (χ0) is 26.6. The minimum Gasteiger partial charge on any atom is -0.371 e. The molecule has 3 aliphatic heterocycles. The van der Waals surface area contributed by atoms with Crippen molar-refractivity contribution in [2.45, 2.75) is 56.7 Å². The molecule has 3 fully saturated rings. The average Bonchev–Trinajstić information content (AvgIpc) is 3.61. The van der Waals surface area contributed by atoms with Crippen LogP contribution in [0.15, 0.2) is 60.9 Å². The van der Waals surface area contributed by atoms with Crippen LogP contribution >= 0.6 is 0 Å². The van der Waals surface area contributed by atoms with Crippen LogP contribution in [0, 0.1) is 17.8 Å². The van der Waals surface area contributed by atoms with Crippen LogP contribution in [0.5, 0.6) is 0 Å². The van der Waals surface area contributed by atoms with Crippen LogP contribution in [0.2, 0.25) is 0 Å². The molecule has 1 unspecified atom stereocenters. The maximum absolute atomic E-state index is 12.9. The number of nitrogens with zero attached hydrogens (tertiary/aromatic N) is 4. The van der Waals surface area contributed by atoms with E-state index in [1.54, 1.807) is 12.1 Å². The Morgan fingerprint density at radius 3 is 2.33 bits per heavy atom. The number of hydrogen-bond acceptors (Lipinski definition) is 3. The molecule has 0 N–H and O–H groups in total. The number of fused-ring (bicyclic) bond motifs is 4. The second-order valence-electron chi connectivity index (χ2n) is 12.4. The van der Waals surface area contributed by atoms with Gasteiger partial charge >= 0.3 is 6.18 Å². The van der Waals surface area contributed by atoms with Gasteiger partial charge in [0, 0.05) is 61.2 Å². The molecule has 3 aromatic rings. The fraction of sp³-hybridized carbons (Fsp3) is 0.531. The lowest BCUT2D eigenvalue weighted by atomic mass is 9.59. The quantitative estimate of drug-likeness (QED) is 0.358. The number of benzene rings is 2. The van der Waals surface area contributed by atoms with E-state index in [0.29, 0.717) is 11.8 Å². The van der Waals surface area contributed by atoms with E-state index in [1.165, 1.54) is 61.8 Å². The van der Waals surface area contributed by atoms with Gasteiger partial charge < -0.3 is 14.4 Å². The summed E-state index contributed by atoms with van der Waals surface area (Å²) in [6.45, 7) is 6.23. The third-order valence-electron chi connectivity index (χ3n) is 10.2. The predicted octanol–water partition coefficient (Wildman–Crippen LogP) is 6.86. The van der Waals surface area contributed by atoms with E-state index < -0.39 is 11.7 Å². The van der Waals surface area contributed by atoms with Crippen molar-refractivity contribution in [3.05, 3.63) is 72.1 Å². The Morgan fingerprint density at radius 2 is 1.62 bits per heavy atom. The average molecular weight is 535 g/mol. The van der Waals surface area contributed by atoms with Gasteiger partial charge in [0.15, 0.2) is 0 Å². The highest BCUT2D eigenvalue weighted by Crippen LogP contribution is 2.53. The van der Waals surface area contributed by atoms with Crippen LogP contribution in [0.25, 0.3) is 11.4 Å². The zero-order valence-corrected chi connectivity index (χ0v) is 22.4. The largest absolute Gasteiger partial charge is 0.416 e. The topological polar surface area (TPSA) is 24.3 Å². The Kier molecular flexibility index (Phi) is 6.25. The van der Waals surface area contributed by atoms with E-state index in [2.05, 4.69) is 44.8 Å². The van der Waals surface area contributed by atoms with Crippen molar-refractivity contribution in [3.63, 3.8) is 0 Å². The monoisotopic (exact) mass is 534 g/mol. The molecule has 4 nitrogen and oxygen atoms in total. The van der Waals surface area contributed by atoms with Crippen LogP contribution in [0.1, 0.15) is 49.7 Å². The van der Waals surface area contributed by atoms with E-state index in [-0.39, 0.29) is 5.41 Å². The predicted molar refractivity (Wildman–Crippen MR) is 148 cm³/mol. The van der Waals surface area contributed by atoms with Gasteiger partial charge in [-0.2, -0.15) is 13.2 Å². The van der Waals surface area contributed by atoms with Crippen LogP contribution in [0.3, 0.4) is 0 Å². The summed E-state index contributed by atoms with van der Waals surface area (Å²) in [6.07, 6.45) is 7.66. The highest BCUT2D eigenvalue weighted by Gasteiger charge is 2.49. The maximum Gasteiger partial charge on any atom is 0.416 e. The van der Waals surface area contributed by atoms with E-state index in [0.717, 1.165) is 56.7 Å². The Hall–Kier alpha value is -2.80. The number of aromatic nitrogens is 2. The number of hydrogen-bond donors (Lipinski definition) is 0. The summed E-state index contributed by atoms with van der Waals surface area (Å²) in [7, 11) is 0. The molecule has 4 aliphatic rings. The van der Waals surface area contributed by atoms with Gasteiger partial charge in [-0.05, 0) is 86.5 Å². The molecule has 0 amide bonds. The Morgan fingerprint density at radius 1 is 0.897 bits per heavy atom. The van der Waals surface area contributed by atoms with Crippen molar-refractivity contribution in [2.24, 2.45) is 17.8 Å². The number of alkyl halides is 3. The van der Waals surface area contributed by atoms with Gasteiger partial charge in [-0.25, -0.2) is 4.98 Å². The molecular weight excluding hydrogens is 497 g/mol. The number of halogens is 3. The molecule has 2 aromatic carbocycles. The molecule has 2 saturated heterocycles. The first-order valence-corrected chi connectivity index (χ1v) is 14.7. The molecular formula is C32H37F3N4. The summed E-state index contributed by atoms with van der Waals surface area (Å²) in [4.78, 5) is 9.58. The normalized spacial score (nSPS) is 24.9. The number of rotatable bonds is 5. The lowest BCUT2D eigenvalue weighted by molar-refractivity contribution is -0.137. The molecule has 1 aliphatic carbocycles. The van der Waals surface area contributed by atoms with Crippen LogP contribution in [0.4, 0.5) is 18.9 Å². The molecule has 39 heavy (non-hydrogen) atoms. The Bertz CT molecular complexity index is 1300. The summed E-state index contributed by atoms with van der Waals surface area (Å²) in [5.41, 5.74) is 3.26. The van der Waals surface area contributed by atoms with Gasteiger partial charge in [-0.15, -0.1) is 0 Å². The van der Waals surface area contributed by atoms with Gasteiger partial charge in [0.25, 0.3) is 0 Å². The fourth-order valence-corrected chi connectivity index (χ4v) is 8.28. The molecule has 1 atom stereocenters. The molecule has 0 spiro atoms. The summed E-state index contributed by atoms with van der Waals surface area (Å²) in [6, 6.07) is 14.9. The molecule has 7 heteroatoms. The smallest absolute Gasteiger partial charge is 0.371 e. The van der Waals surface area contributed by atoms with Crippen molar-refractivity contribution in [3.8, 4) is 11.4 Å². The van der Waals surface area contributed by atoms with Crippen molar-refractivity contribution >= 4 is 5.69 Å². The Balaban J connectivity index is 1.02. The van der Waals surface area contributed by atoms with Gasteiger partial charge in [0.1, 0.15) is 5.82 Å². The standard InChI is InChI=1S/C32H37F3N4/c33-32(34,35)27-8-10-29(11-9-27)39-20-23(21-39)19-37-15-12-26(13-16-37)31(25-5-1-2-6-25)22-38-17-14-36-30(38)24-4-3-7-28(31)18-24/h3-4,7-11,14,17-18,23,25-26H,1-2,5-6,12-13,15-16,19-22H2. The molecule has 1 saturated carbocycles. The number of imidazole rings is 1. The van der Waals surface area contributed by atoms with Gasteiger partial charge in [-0.3, -0.25) is 0 Å². The Labute approximate surface area is 228 Å². The molecule has 4 heterocycles. The molecule has 2 bridgehead atoms. The molecule has 7 rings (SSSR count). The number of anilines is 1. The third-order valence-corrected chi connectivity index (χ3v) is 10.2. The molecule has 0 radical (unpaired) electrons. The highest BCUT2D eigenvalue weighted by atomic mass is 19.4. The van der Waals surface area contributed by atoms with E-state index >= 15 is 0 Å². The summed E-state index contributed by atoms with van der Waals surface area (Å²) < 4.78 is 41.1. The minimum atomic E-state index is -4.28. The van der Waals surface area contributed by atoms with E-state index in [9.17, 15) is 13.2 Å². The third kappa shape index (κ3) is 4.47. The van der Waals surface area contributed by atoms with E-state index in [1.807, 2.05) is 6.20 Å². The highest BCUT2D eigenvalue weighted by molar-refractivity contribution is 5.59. The number of likely N-dealkylation sites (tertiary alicyclic amines) is 1. The lowest BCUT2D eigenvalue weighted by Crippen LogP contribution is -2.54. The van der Waals surface area contributed by atoms with Gasteiger partial charge in [-0.1, -0.05) is 31.0 Å². The SMILES string of the molecule is FC(F)(F)c1ccc(N2CC(CN3CCC(C4(C5CCCC5)Cn5ccnc5-c5cccc4c5)CC3)C2)cc1. The molecule has 206 valence electrons. The second-order valence-corrected chi connectivity index (χ2v) is 12.4. The first-order chi connectivity index (χ1) is 18.9. The fourth-order valence-electron chi connectivity index (χ4n) is 8.28. The first-order valence-electron chi connectivity index (χ1n) is 14.7. The van der Waals surface area contributed by atoms with E-state index in [4.69, 9.17) is 4.98 Å². The minimum absolute atomic E-state index is 0.167. The zero-order valence-electron chi connectivity index (χ0n) is 22.4. The molecule has 1 aromatic heterocycles. The lowest BCUT2D eigenvalue weighted by Gasteiger charge is -2.50.